The third-order valence-corrected chi connectivity index (χ3v) is 1.91. The van der Waals surface area contributed by atoms with Crippen molar-refractivity contribution in [1.29, 1.82) is 0 Å². The maximum Gasteiger partial charge on any atom is 0.224 e. The van der Waals surface area contributed by atoms with Gasteiger partial charge in [0.1, 0.15) is 5.82 Å². The first-order chi connectivity index (χ1) is 7.24. The van der Waals surface area contributed by atoms with E-state index in [4.69, 9.17) is 4.74 Å². The van der Waals surface area contributed by atoms with E-state index in [0.29, 0.717) is 5.95 Å². The second-order valence-corrected chi connectivity index (χ2v) is 3.41. The van der Waals surface area contributed by atoms with E-state index < -0.39 is 0 Å². The van der Waals surface area contributed by atoms with Gasteiger partial charge in [-0.3, -0.25) is 0 Å². The largest absolute Gasteiger partial charge is 0.385 e. The summed E-state index contributed by atoms with van der Waals surface area (Å²) in [5, 5.41) is 3.15. The van der Waals surface area contributed by atoms with Crippen LogP contribution in [0.2, 0.25) is 0 Å². The predicted octanol–water partition coefficient (Wildman–Crippen LogP) is 0.991. The lowest BCUT2D eigenvalue weighted by molar-refractivity contribution is 0.197. The molecule has 0 aliphatic carbocycles. The van der Waals surface area contributed by atoms with Crippen molar-refractivity contribution < 1.29 is 4.74 Å². The van der Waals surface area contributed by atoms with E-state index in [1.165, 1.54) is 0 Å². The normalized spacial score (nSPS) is 10.1. The molecule has 1 rings (SSSR count). The molecule has 1 aromatic rings. The van der Waals surface area contributed by atoms with Crippen LogP contribution in [-0.4, -0.2) is 44.3 Å². The maximum absolute atomic E-state index is 4.95. The van der Waals surface area contributed by atoms with Gasteiger partial charge in [-0.2, -0.15) is 4.98 Å². The molecule has 0 aromatic carbocycles. The summed E-state index contributed by atoms with van der Waals surface area (Å²) >= 11 is 0. The SMILES string of the molecule is COCCCNc1nccc(N(C)C)n1. The predicted molar refractivity (Wildman–Crippen MR) is 61.3 cm³/mol. The summed E-state index contributed by atoms with van der Waals surface area (Å²) in [6.45, 7) is 1.57. The van der Waals surface area contributed by atoms with E-state index in [1.807, 2.05) is 25.1 Å². The van der Waals surface area contributed by atoms with Gasteiger partial charge < -0.3 is 15.0 Å². The van der Waals surface area contributed by atoms with E-state index in [-0.39, 0.29) is 0 Å². The van der Waals surface area contributed by atoms with Crippen molar-refractivity contribution in [3.8, 4) is 0 Å². The molecule has 1 N–H and O–H groups in total. The third-order valence-electron chi connectivity index (χ3n) is 1.91. The quantitative estimate of drug-likeness (QED) is 0.710. The zero-order valence-electron chi connectivity index (χ0n) is 9.53. The molecule has 0 unspecified atom stereocenters. The fraction of sp³-hybridized carbons (Fsp3) is 0.600. The van der Waals surface area contributed by atoms with E-state index in [0.717, 1.165) is 25.4 Å². The van der Waals surface area contributed by atoms with Gasteiger partial charge in [0.05, 0.1) is 0 Å². The molecule has 0 aliphatic heterocycles. The van der Waals surface area contributed by atoms with Gasteiger partial charge in [-0.15, -0.1) is 0 Å². The summed E-state index contributed by atoms with van der Waals surface area (Å²) < 4.78 is 4.95. The highest BCUT2D eigenvalue weighted by atomic mass is 16.5. The molecule has 5 heteroatoms. The number of nitrogens with one attached hydrogen (secondary N) is 1. The van der Waals surface area contributed by atoms with Gasteiger partial charge in [0.25, 0.3) is 0 Å². The van der Waals surface area contributed by atoms with Gasteiger partial charge in [-0.05, 0) is 12.5 Å². The Morgan fingerprint density at radius 1 is 1.47 bits per heavy atom. The molecule has 0 aliphatic rings. The van der Waals surface area contributed by atoms with Gasteiger partial charge in [0.2, 0.25) is 5.95 Å². The number of aromatic nitrogens is 2. The average molecular weight is 210 g/mol. The van der Waals surface area contributed by atoms with Gasteiger partial charge >= 0.3 is 0 Å². The molecule has 0 saturated heterocycles. The van der Waals surface area contributed by atoms with Crippen LogP contribution in [-0.2, 0) is 4.74 Å². The lowest BCUT2D eigenvalue weighted by Gasteiger charge is -2.12. The van der Waals surface area contributed by atoms with E-state index in [1.54, 1.807) is 13.3 Å². The van der Waals surface area contributed by atoms with Crippen molar-refractivity contribution in [1.82, 2.24) is 9.97 Å². The first-order valence-corrected chi connectivity index (χ1v) is 4.97. The van der Waals surface area contributed by atoms with Crippen LogP contribution in [0.3, 0.4) is 0 Å². The van der Waals surface area contributed by atoms with Crippen molar-refractivity contribution >= 4 is 11.8 Å². The second kappa shape index (κ2) is 6.19. The van der Waals surface area contributed by atoms with E-state index in [9.17, 15) is 0 Å². The van der Waals surface area contributed by atoms with Crippen LogP contribution in [0.5, 0.6) is 0 Å². The highest BCUT2D eigenvalue weighted by Crippen LogP contribution is 2.07. The molecule has 5 nitrogen and oxygen atoms in total. The summed E-state index contributed by atoms with van der Waals surface area (Å²) in [6.07, 6.45) is 2.70. The topological polar surface area (TPSA) is 50.3 Å². The summed E-state index contributed by atoms with van der Waals surface area (Å²) in [4.78, 5) is 10.4. The first kappa shape index (κ1) is 11.7. The second-order valence-electron chi connectivity index (χ2n) is 3.41. The number of hydrogen-bond donors (Lipinski definition) is 1. The lowest BCUT2D eigenvalue weighted by Crippen LogP contribution is -2.13. The van der Waals surface area contributed by atoms with Gasteiger partial charge in [-0.25, -0.2) is 4.98 Å². The third kappa shape index (κ3) is 4.12. The van der Waals surface area contributed by atoms with Gasteiger partial charge in [0.15, 0.2) is 0 Å². The molecule has 0 saturated carbocycles. The fourth-order valence-electron chi connectivity index (χ4n) is 1.10. The Morgan fingerprint density at radius 2 is 2.27 bits per heavy atom. The minimum Gasteiger partial charge on any atom is -0.385 e. The Kier molecular flexibility index (Phi) is 4.83. The molecule has 15 heavy (non-hydrogen) atoms. The molecule has 0 amide bonds. The Balaban J connectivity index is 2.43. The van der Waals surface area contributed by atoms with Crippen LogP contribution in [0.4, 0.5) is 11.8 Å². The van der Waals surface area contributed by atoms with Crippen LogP contribution >= 0.6 is 0 Å². The maximum atomic E-state index is 4.95. The molecule has 1 aromatic heterocycles. The van der Waals surface area contributed by atoms with Gasteiger partial charge in [0, 0.05) is 40.6 Å². The molecule has 0 radical (unpaired) electrons. The van der Waals surface area contributed by atoms with Gasteiger partial charge in [-0.1, -0.05) is 0 Å². The summed E-state index contributed by atoms with van der Waals surface area (Å²) in [7, 11) is 5.61. The minimum atomic E-state index is 0.664. The Morgan fingerprint density at radius 3 is 2.93 bits per heavy atom. The summed E-state index contributed by atoms with van der Waals surface area (Å²) in [5.74, 6) is 1.57. The van der Waals surface area contributed by atoms with E-state index >= 15 is 0 Å². The van der Waals surface area contributed by atoms with Crippen LogP contribution in [0, 0.1) is 0 Å². The van der Waals surface area contributed by atoms with Crippen LogP contribution in [0.15, 0.2) is 12.3 Å². The van der Waals surface area contributed by atoms with Crippen molar-refractivity contribution in [3.63, 3.8) is 0 Å². The standard InChI is InChI=1S/C10H18N4O/c1-14(2)9-5-7-12-10(13-9)11-6-4-8-15-3/h5,7H,4,6,8H2,1-3H3,(H,11,12,13). The highest BCUT2D eigenvalue weighted by Gasteiger charge is 1.99. The molecule has 0 fully saturated rings. The number of rotatable bonds is 6. The molecule has 1 heterocycles. The van der Waals surface area contributed by atoms with Crippen LogP contribution in [0.1, 0.15) is 6.42 Å². The zero-order valence-corrected chi connectivity index (χ0v) is 9.53. The lowest BCUT2D eigenvalue weighted by atomic mass is 10.4. The number of nitrogens with zero attached hydrogens (tertiary/aromatic N) is 3. The van der Waals surface area contributed by atoms with Crippen molar-refractivity contribution in [2.45, 2.75) is 6.42 Å². The fourth-order valence-corrected chi connectivity index (χ4v) is 1.10. The Labute approximate surface area is 90.5 Å². The first-order valence-electron chi connectivity index (χ1n) is 4.97. The number of anilines is 2. The Hall–Kier alpha value is -1.36. The molecule has 0 atom stereocenters. The van der Waals surface area contributed by atoms with Crippen molar-refractivity contribution in [3.05, 3.63) is 12.3 Å². The number of methoxy groups -OCH3 is 1. The average Bonchev–Trinajstić information content (AvgIpc) is 2.25. The van der Waals surface area contributed by atoms with Crippen molar-refractivity contribution in [2.24, 2.45) is 0 Å². The summed E-state index contributed by atoms with van der Waals surface area (Å²) in [6, 6.07) is 1.88. The number of ether oxygens (including phenoxy) is 1. The smallest absolute Gasteiger partial charge is 0.224 e. The van der Waals surface area contributed by atoms with Crippen LogP contribution in [0.25, 0.3) is 0 Å². The molecular formula is C10H18N4O. The monoisotopic (exact) mass is 210 g/mol. The zero-order chi connectivity index (χ0) is 11.1. The molecule has 0 bridgehead atoms. The summed E-state index contributed by atoms with van der Waals surface area (Å²) in [5.41, 5.74) is 0. The van der Waals surface area contributed by atoms with Crippen molar-refractivity contribution in [2.75, 3.05) is 44.6 Å². The molecule has 84 valence electrons. The molecular weight excluding hydrogens is 192 g/mol. The highest BCUT2D eigenvalue weighted by molar-refractivity contribution is 5.40. The Bertz CT molecular complexity index is 291. The molecule has 0 spiro atoms. The van der Waals surface area contributed by atoms with E-state index in [2.05, 4.69) is 15.3 Å². The minimum absolute atomic E-state index is 0.664. The number of hydrogen-bond acceptors (Lipinski definition) is 5. The van der Waals surface area contributed by atoms with Crippen LogP contribution < -0.4 is 10.2 Å².